The number of fused-ring (bicyclic) bond motifs is 5. The van der Waals surface area contributed by atoms with E-state index in [-0.39, 0.29) is 29.0 Å². The second-order valence-electron chi connectivity index (χ2n) is 16.0. The lowest BCUT2D eigenvalue weighted by Crippen LogP contribution is -2.42. The highest BCUT2D eigenvalue weighted by Gasteiger charge is 2.40. The monoisotopic (exact) mass is 696 g/mol. The summed E-state index contributed by atoms with van der Waals surface area (Å²) in [5.74, 6) is 0.220. The second-order valence-corrected chi connectivity index (χ2v) is 16.0. The zero-order valence-corrected chi connectivity index (χ0v) is 31.1. The summed E-state index contributed by atoms with van der Waals surface area (Å²) in [6.07, 6.45) is 18.2. The Hall–Kier alpha value is -5.96. The first-order chi connectivity index (χ1) is 26.4. The van der Waals surface area contributed by atoms with Crippen molar-refractivity contribution in [2.75, 3.05) is 0 Å². The predicted molar refractivity (Wildman–Crippen MR) is 226 cm³/mol. The predicted octanol–water partition coefficient (Wildman–Crippen LogP) is 12.3. The molecule has 54 heavy (non-hydrogen) atoms. The summed E-state index contributed by atoms with van der Waals surface area (Å²) in [6, 6.07) is 49.4. The molecular formula is C52H44N2. The molecule has 2 nitrogen and oxygen atoms in total. The minimum absolute atomic E-state index is 0.0131. The minimum Gasteiger partial charge on any atom is -0.366 e. The van der Waals surface area contributed by atoms with Gasteiger partial charge in [-0.25, -0.2) is 0 Å². The molecule has 0 aromatic heterocycles. The molecule has 1 aliphatic heterocycles. The van der Waals surface area contributed by atoms with Gasteiger partial charge in [0, 0.05) is 22.4 Å². The molecule has 0 saturated carbocycles. The van der Waals surface area contributed by atoms with Crippen molar-refractivity contribution in [1.29, 1.82) is 0 Å². The Kier molecular flexibility index (Phi) is 7.61. The first-order valence-electron chi connectivity index (χ1n) is 19.3. The van der Waals surface area contributed by atoms with Crippen molar-refractivity contribution in [3.8, 4) is 22.3 Å². The summed E-state index contributed by atoms with van der Waals surface area (Å²) in [5.41, 5.74) is 15.1. The highest BCUT2D eigenvalue weighted by Crippen LogP contribution is 2.50. The van der Waals surface area contributed by atoms with Crippen molar-refractivity contribution < 1.29 is 0 Å². The van der Waals surface area contributed by atoms with Crippen LogP contribution in [0.25, 0.3) is 38.7 Å². The highest BCUT2D eigenvalue weighted by atomic mass is 15.2. The molecule has 6 aromatic rings. The van der Waals surface area contributed by atoms with E-state index in [0.717, 1.165) is 5.70 Å². The van der Waals surface area contributed by atoms with E-state index in [1.165, 1.54) is 72.0 Å². The fourth-order valence-corrected chi connectivity index (χ4v) is 9.61. The summed E-state index contributed by atoms with van der Waals surface area (Å²) < 4.78 is 0. The number of hydrogen-bond acceptors (Lipinski definition) is 2. The molecule has 2 heteroatoms. The quantitative estimate of drug-likeness (QED) is 0.187. The number of allylic oxidation sites excluding steroid dienone is 8. The average molecular weight is 697 g/mol. The first kappa shape index (κ1) is 32.7. The Morgan fingerprint density at radius 2 is 1.33 bits per heavy atom. The van der Waals surface area contributed by atoms with E-state index in [1.807, 2.05) is 0 Å². The summed E-state index contributed by atoms with van der Waals surface area (Å²) in [4.78, 5) is 0. The van der Waals surface area contributed by atoms with Gasteiger partial charge in [0.25, 0.3) is 0 Å². The highest BCUT2D eigenvalue weighted by molar-refractivity contribution is 5.97. The van der Waals surface area contributed by atoms with Gasteiger partial charge in [-0.3, -0.25) is 5.32 Å². The maximum Gasteiger partial charge on any atom is 0.104 e. The maximum absolute atomic E-state index is 4.07. The standard InChI is InChI=1S/C52H44N2/c1-51(2)45-25-12-10-22-41(45)42-28-27-38(32-46(42)51)49-33-48(36-17-5-4-6-18-36)53-50(54-49)43-29-26-37(40-23-13-19-34-15-7-9-21-39(34)40)31-47(43)52(3)30-14-20-35-16-8-11-24-44(35)52/h4-33,44,48,50,53-54H,1-3H3. The van der Waals surface area contributed by atoms with Crippen LogP contribution in [-0.4, -0.2) is 0 Å². The van der Waals surface area contributed by atoms with Crippen molar-refractivity contribution >= 4 is 16.5 Å². The fraction of sp³-hybridized carbons (Fsp3) is 0.154. The Bertz CT molecular complexity index is 2610. The van der Waals surface area contributed by atoms with Gasteiger partial charge in [0.05, 0.1) is 6.04 Å². The van der Waals surface area contributed by atoms with Crippen molar-refractivity contribution in [3.63, 3.8) is 0 Å². The summed E-state index contributed by atoms with van der Waals surface area (Å²) in [6.45, 7) is 7.15. The summed E-state index contributed by atoms with van der Waals surface area (Å²) in [7, 11) is 0. The van der Waals surface area contributed by atoms with Crippen LogP contribution in [0.2, 0.25) is 0 Å². The number of rotatable bonds is 5. The molecule has 3 aliphatic carbocycles. The Morgan fingerprint density at radius 1 is 0.593 bits per heavy atom. The fourth-order valence-electron chi connectivity index (χ4n) is 9.61. The molecule has 0 amide bonds. The molecule has 0 fully saturated rings. The molecule has 262 valence electrons. The largest absolute Gasteiger partial charge is 0.366 e. The van der Waals surface area contributed by atoms with Gasteiger partial charge in [-0.15, -0.1) is 0 Å². The van der Waals surface area contributed by atoms with E-state index in [9.17, 15) is 0 Å². The van der Waals surface area contributed by atoms with Crippen LogP contribution in [0, 0.1) is 5.92 Å². The Morgan fingerprint density at radius 3 is 2.24 bits per heavy atom. The van der Waals surface area contributed by atoms with Crippen LogP contribution >= 0.6 is 0 Å². The molecule has 4 atom stereocenters. The maximum atomic E-state index is 4.07. The lowest BCUT2D eigenvalue weighted by Gasteiger charge is -2.42. The van der Waals surface area contributed by atoms with Crippen LogP contribution < -0.4 is 10.6 Å². The van der Waals surface area contributed by atoms with Gasteiger partial charge in [0.2, 0.25) is 0 Å². The van der Waals surface area contributed by atoms with Crippen LogP contribution in [0.3, 0.4) is 0 Å². The van der Waals surface area contributed by atoms with Gasteiger partial charge in [-0.1, -0.05) is 185 Å². The zero-order valence-electron chi connectivity index (χ0n) is 31.1. The Labute approximate surface area is 319 Å². The first-order valence-corrected chi connectivity index (χ1v) is 19.3. The van der Waals surface area contributed by atoms with E-state index in [1.54, 1.807) is 0 Å². The number of benzene rings is 6. The number of hydrogen-bond donors (Lipinski definition) is 2. The van der Waals surface area contributed by atoms with E-state index in [4.69, 9.17) is 0 Å². The Balaban J connectivity index is 1.13. The summed E-state index contributed by atoms with van der Waals surface area (Å²) in [5, 5.41) is 10.7. The number of nitrogens with one attached hydrogen (secondary N) is 2. The van der Waals surface area contributed by atoms with Crippen molar-refractivity contribution in [1.82, 2.24) is 10.6 Å². The molecule has 0 bridgehead atoms. The molecule has 4 unspecified atom stereocenters. The van der Waals surface area contributed by atoms with Gasteiger partial charge in [-0.2, -0.15) is 0 Å². The molecule has 2 N–H and O–H groups in total. The lowest BCUT2D eigenvalue weighted by molar-refractivity contribution is 0.420. The van der Waals surface area contributed by atoms with E-state index >= 15 is 0 Å². The molecule has 1 heterocycles. The van der Waals surface area contributed by atoms with Gasteiger partial charge in [0.1, 0.15) is 6.17 Å². The topological polar surface area (TPSA) is 24.1 Å². The SMILES string of the molecule is CC1(C)c2ccccc2-c2ccc(C3=CC(c4ccccc4)NC(c4ccc(-c5cccc6ccccc56)cc4C4(C)C=CC=C5C=CC=CC54)N3)cc21. The zero-order chi connectivity index (χ0) is 36.4. The van der Waals surface area contributed by atoms with E-state index in [2.05, 4.69) is 213 Å². The normalized spacial score (nSPS) is 23.2. The second kappa shape index (κ2) is 12.6. The molecule has 0 spiro atoms. The third-order valence-electron chi connectivity index (χ3n) is 12.5. The molecular weight excluding hydrogens is 653 g/mol. The van der Waals surface area contributed by atoms with Crippen LogP contribution in [0.5, 0.6) is 0 Å². The third-order valence-corrected chi connectivity index (χ3v) is 12.5. The molecule has 4 aliphatic rings. The lowest BCUT2D eigenvalue weighted by atomic mass is 9.64. The van der Waals surface area contributed by atoms with Crippen LogP contribution in [0.1, 0.15) is 66.4 Å². The van der Waals surface area contributed by atoms with E-state index in [0.29, 0.717) is 0 Å². The smallest absolute Gasteiger partial charge is 0.104 e. The van der Waals surface area contributed by atoms with Gasteiger partial charge in [-0.05, 0) is 90.2 Å². The molecule has 0 saturated heterocycles. The molecule has 6 aromatic carbocycles. The van der Waals surface area contributed by atoms with Gasteiger partial charge < -0.3 is 5.32 Å². The molecule has 10 rings (SSSR count). The van der Waals surface area contributed by atoms with Crippen LogP contribution in [0.4, 0.5) is 0 Å². The van der Waals surface area contributed by atoms with Crippen LogP contribution in [0.15, 0.2) is 188 Å². The average Bonchev–Trinajstić information content (AvgIpc) is 3.46. The van der Waals surface area contributed by atoms with E-state index < -0.39 is 0 Å². The van der Waals surface area contributed by atoms with Crippen molar-refractivity contribution in [2.45, 2.75) is 43.8 Å². The third kappa shape index (κ3) is 5.20. The minimum atomic E-state index is -0.280. The summed E-state index contributed by atoms with van der Waals surface area (Å²) >= 11 is 0. The van der Waals surface area contributed by atoms with Gasteiger partial charge in [0.15, 0.2) is 0 Å². The molecule has 0 radical (unpaired) electrons. The van der Waals surface area contributed by atoms with Gasteiger partial charge >= 0.3 is 0 Å². The van der Waals surface area contributed by atoms with Crippen LogP contribution in [-0.2, 0) is 10.8 Å². The van der Waals surface area contributed by atoms with Crippen molar-refractivity contribution in [3.05, 3.63) is 221 Å². The van der Waals surface area contributed by atoms with Crippen molar-refractivity contribution in [2.24, 2.45) is 5.92 Å².